The lowest BCUT2D eigenvalue weighted by Gasteiger charge is -2.17. The van der Waals surface area contributed by atoms with Gasteiger partial charge in [0.1, 0.15) is 5.75 Å². The standard InChI is InChI=1S/C11H17NO2/c1-7(2)11(12)8-3-4-10(14)9(5-8)6-13/h3-5,7,11,13-14H,6,12H2,1-2H3. The van der Waals surface area contributed by atoms with Gasteiger partial charge >= 0.3 is 0 Å². The molecule has 1 unspecified atom stereocenters. The summed E-state index contributed by atoms with van der Waals surface area (Å²) in [6.07, 6.45) is 0. The van der Waals surface area contributed by atoms with E-state index in [1.807, 2.05) is 13.8 Å². The molecule has 0 spiro atoms. The van der Waals surface area contributed by atoms with E-state index in [4.69, 9.17) is 10.8 Å². The van der Waals surface area contributed by atoms with E-state index in [0.29, 0.717) is 11.5 Å². The summed E-state index contributed by atoms with van der Waals surface area (Å²) in [4.78, 5) is 0. The molecule has 1 atom stereocenters. The van der Waals surface area contributed by atoms with Gasteiger partial charge in [-0.2, -0.15) is 0 Å². The normalized spacial score (nSPS) is 13.2. The lowest BCUT2D eigenvalue weighted by atomic mass is 9.95. The molecule has 0 aliphatic rings. The van der Waals surface area contributed by atoms with E-state index in [2.05, 4.69) is 0 Å². The van der Waals surface area contributed by atoms with Crippen LogP contribution in [0, 0.1) is 5.92 Å². The van der Waals surface area contributed by atoms with Gasteiger partial charge in [-0.1, -0.05) is 19.9 Å². The number of nitrogens with two attached hydrogens (primary N) is 1. The number of phenols is 1. The second kappa shape index (κ2) is 4.44. The number of benzene rings is 1. The summed E-state index contributed by atoms with van der Waals surface area (Å²) in [7, 11) is 0. The van der Waals surface area contributed by atoms with E-state index in [1.54, 1.807) is 18.2 Å². The minimum Gasteiger partial charge on any atom is -0.508 e. The molecule has 3 nitrogen and oxygen atoms in total. The largest absolute Gasteiger partial charge is 0.508 e. The highest BCUT2D eigenvalue weighted by Crippen LogP contribution is 2.24. The van der Waals surface area contributed by atoms with E-state index < -0.39 is 0 Å². The van der Waals surface area contributed by atoms with Gasteiger partial charge in [0.15, 0.2) is 0 Å². The molecule has 1 rings (SSSR count). The Morgan fingerprint density at radius 2 is 2.00 bits per heavy atom. The van der Waals surface area contributed by atoms with Crippen molar-refractivity contribution < 1.29 is 10.2 Å². The van der Waals surface area contributed by atoms with Crippen LogP contribution in [0.4, 0.5) is 0 Å². The SMILES string of the molecule is CC(C)C(N)c1ccc(O)c(CO)c1. The first-order valence-corrected chi connectivity index (χ1v) is 4.74. The van der Waals surface area contributed by atoms with Gasteiger partial charge in [-0.05, 0) is 23.6 Å². The van der Waals surface area contributed by atoms with Crippen molar-refractivity contribution in [2.24, 2.45) is 11.7 Å². The molecular weight excluding hydrogens is 178 g/mol. The molecule has 3 heteroatoms. The molecule has 4 N–H and O–H groups in total. The maximum atomic E-state index is 9.35. The second-order valence-corrected chi connectivity index (χ2v) is 3.82. The number of hydrogen-bond donors (Lipinski definition) is 3. The summed E-state index contributed by atoms with van der Waals surface area (Å²) in [5.74, 6) is 0.457. The van der Waals surface area contributed by atoms with Gasteiger partial charge in [0.25, 0.3) is 0 Å². The minimum atomic E-state index is -0.162. The molecule has 1 aromatic carbocycles. The van der Waals surface area contributed by atoms with Crippen LogP contribution in [0.2, 0.25) is 0 Å². The molecule has 78 valence electrons. The molecule has 0 bridgehead atoms. The fourth-order valence-corrected chi connectivity index (χ4v) is 1.32. The van der Waals surface area contributed by atoms with Crippen LogP contribution < -0.4 is 5.73 Å². The van der Waals surface area contributed by atoms with Crippen molar-refractivity contribution in [3.05, 3.63) is 29.3 Å². The Kier molecular flexibility index (Phi) is 3.49. The third-order valence-electron chi connectivity index (χ3n) is 2.38. The summed E-state index contributed by atoms with van der Waals surface area (Å²) in [6, 6.07) is 5.06. The van der Waals surface area contributed by atoms with Crippen LogP contribution in [-0.2, 0) is 6.61 Å². The molecule has 0 saturated carbocycles. The van der Waals surface area contributed by atoms with Crippen LogP contribution in [-0.4, -0.2) is 10.2 Å². The quantitative estimate of drug-likeness (QED) is 0.685. The summed E-state index contributed by atoms with van der Waals surface area (Å²) in [5.41, 5.74) is 7.42. The zero-order valence-corrected chi connectivity index (χ0v) is 8.57. The molecule has 0 radical (unpaired) electrons. The smallest absolute Gasteiger partial charge is 0.121 e. The van der Waals surface area contributed by atoms with Gasteiger partial charge in [-0.25, -0.2) is 0 Å². The fraction of sp³-hybridized carbons (Fsp3) is 0.455. The Labute approximate surface area is 84.2 Å². The van der Waals surface area contributed by atoms with Crippen molar-refractivity contribution in [2.75, 3.05) is 0 Å². The Morgan fingerprint density at radius 1 is 1.36 bits per heavy atom. The van der Waals surface area contributed by atoms with Gasteiger partial charge in [-0.3, -0.25) is 0 Å². The van der Waals surface area contributed by atoms with Crippen molar-refractivity contribution in [2.45, 2.75) is 26.5 Å². The molecule has 0 aliphatic carbocycles. The van der Waals surface area contributed by atoms with Gasteiger partial charge in [0.2, 0.25) is 0 Å². The molecule has 0 fully saturated rings. The Morgan fingerprint density at radius 3 is 2.50 bits per heavy atom. The highest BCUT2D eigenvalue weighted by Gasteiger charge is 2.11. The lowest BCUT2D eigenvalue weighted by Crippen LogP contribution is -2.16. The van der Waals surface area contributed by atoms with Crippen LogP contribution in [0.15, 0.2) is 18.2 Å². The van der Waals surface area contributed by atoms with Crippen LogP contribution in [0.25, 0.3) is 0 Å². The van der Waals surface area contributed by atoms with E-state index >= 15 is 0 Å². The molecule has 1 aromatic rings. The fourth-order valence-electron chi connectivity index (χ4n) is 1.32. The Bertz CT molecular complexity index is 310. The second-order valence-electron chi connectivity index (χ2n) is 3.82. The molecule has 0 aromatic heterocycles. The van der Waals surface area contributed by atoms with Gasteiger partial charge < -0.3 is 15.9 Å². The van der Waals surface area contributed by atoms with Gasteiger partial charge in [0.05, 0.1) is 6.61 Å². The summed E-state index contributed by atoms with van der Waals surface area (Å²) >= 11 is 0. The van der Waals surface area contributed by atoms with E-state index in [9.17, 15) is 5.11 Å². The maximum absolute atomic E-state index is 9.35. The van der Waals surface area contributed by atoms with Gasteiger partial charge in [-0.15, -0.1) is 0 Å². The number of rotatable bonds is 3. The third-order valence-corrected chi connectivity index (χ3v) is 2.38. The first kappa shape index (κ1) is 11.0. The zero-order chi connectivity index (χ0) is 10.7. The molecular formula is C11H17NO2. The molecule has 0 heterocycles. The number of hydrogen-bond acceptors (Lipinski definition) is 3. The van der Waals surface area contributed by atoms with Crippen molar-refractivity contribution in [3.8, 4) is 5.75 Å². The predicted molar refractivity (Wildman–Crippen MR) is 55.8 cm³/mol. The topological polar surface area (TPSA) is 66.5 Å². The molecule has 0 saturated heterocycles. The van der Waals surface area contributed by atoms with Crippen LogP contribution in [0.3, 0.4) is 0 Å². The average molecular weight is 195 g/mol. The van der Waals surface area contributed by atoms with Crippen LogP contribution in [0.1, 0.15) is 31.0 Å². The van der Waals surface area contributed by atoms with Crippen molar-refractivity contribution in [1.82, 2.24) is 0 Å². The number of aromatic hydroxyl groups is 1. The first-order valence-electron chi connectivity index (χ1n) is 4.74. The van der Waals surface area contributed by atoms with Crippen LogP contribution >= 0.6 is 0 Å². The summed E-state index contributed by atoms with van der Waals surface area (Å²) in [6.45, 7) is 3.91. The number of aliphatic hydroxyl groups excluding tert-OH is 1. The van der Waals surface area contributed by atoms with Crippen molar-refractivity contribution >= 4 is 0 Å². The maximum Gasteiger partial charge on any atom is 0.121 e. The van der Waals surface area contributed by atoms with E-state index in [0.717, 1.165) is 5.56 Å². The van der Waals surface area contributed by atoms with E-state index in [-0.39, 0.29) is 18.4 Å². The Balaban J connectivity index is 3.00. The molecule has 0 aliphatic heterocycles. The molecule has 0 amide bonds. The highest BCUT2D eigenvalue weighted by atomic mass is 16.3. The lowest BCUT2D eigenvalue weighted by molar-refractivity contribution is 0.275. The average Bonchev–Trinajstić information content (AvgIpc) is 2.17. The zero-order valence-electron chi connectivity index (χ0n) is 8.57. The minimum absolute atomic E-state index is 0.0547. The third kappa shape index (κ3) is 2.25. The Hall–Kier alpha value is -1.06. The molecule has 14 heavy (non-hydrogen) atoms. The van der Waals surface area contributed by atoms with Gasteiger partial charge in [0, 0.05) is 11.6 Å². The van der Waals surface area contributed by atoms with Crippen molar-refractivity contribution in [1.29, 1.82) is 0 Å². The highest BCUT2D eigenvalue weighted by molar-refractivity contribution is 5.36. The number of aliphatic hydroxyl groups is 1. The monoisotopic (exact) mass is 195 g/mol. The van der Waals surface area contributed by atoms with Crippen LogP contribution in [0.5, 0.6) is 5.75 Å². The summed E-state index contributed by atoms with van der Waals surface area (Å²) < 4.78 is 0. The first-order chi connectivity index (χ1) is 6.56. The summed E-state index contributed by atoms with van der Waals surface area (Å²) in [5, 5.41) is 18.3. The predicted octanol–water partition coefficient (Wildman–Crippen LogP) is 1.54. The van der Waals surface area contributed by atoms with Crippen molar-refractivity contribution in [3.63, 3.8) is 0 Å². The van der Waals surface area contributed by atoms with E-state index in [1.165, 1.54) is 0 Å².